The van der Waals surface area contributed by atoms with Gasteiger partial charge in [-0.2, -0.15) is 0 Å². The second-order valence-electron chi connectivity index (χ2n) is 6.29. The topological polar surface area (TPSA) is 29.5 Å². The average Bonchev–Trinajstić information content (AvgIpc) is 2.99. The first-order valence-electron chi connectivity index (χ1n) is 8.10. The molecule has 0 radical (unpaired) electrons. The van der Waals surface area contributed by atoms with Gasteiger partial charge in [-0.05, 0) is 61.1 Å². The molecule has 0 saturated heterocycles. The van der Waals surface area contributed by atoms with Crippen molar-refractivity contribution in [3.05, 3.63) is 64.7 Å². The highest BCUT2D eigenvalue weighted by Gasteiger charge is 2.28. The number of benzene rings is 2. The van der Waals surface area contributed by atoms with Crippen LogP contribution in [0.25, 0.3) is 0 Å². The summed E-state index contributed by atoms with van der Waals surface area (Å²) in [5.74, 6) is 0.770. The summed E-state index contributed by atoms with van der Waals surface area (Å²) in [4.78, 5) is 14.3. The van der Waals surface area contributed by atoms with Gasteiger partial charge >= 0.3 is 0 Å². The number of nitrogens with zero attached hydrogens (tertiary/aromatic N) is 1. The molecule has 1 aliphatic rings. The minimum absolute atomic E-state index is 0.0185. The summed E-state index contributed by atoms with van der Waals surface area (Å²) in [6, 6.07) is 14.5. The minimum Gasteiger partial charge on any atom is -0.484 e. The molecule has 3 nitrogen and oxygen atoms in total. The van der Waals surface area contributed by atoms with Crippen LogP contribution in [0.1, 0.15) is 34.7 Å². The first-order chi connectivity index (χ1) is 11.1. The van der Waals surface area contributed by atoms with Crippen molar-refractivity contribution in [2.24, 2.45) is 0 Å². The number of aryl methyl sites for hydroxylation is 3. The molecule has 0 spiro atoms. The summed E-state index contributed by atoms with van der Waals surface area (Å²) in [7, 11) is 1.87. The van der Waals surface area contributed by atoms with Crippen LogP contribution in [0.4, 0.5) is 0 Å². The largest absolute Gasteiger partial charge is 0.484 e. The van der Waals surface area contributed by atoms with E-state index < -0.39 is 0 Å². The van der Waals surface area contributed by atoms with Crippen LogP contribution in [-0.2, 0) is 11.2 Å². The van der Waals surface area contributed by atoms with Crippen LogP contribution in [0.5, 0.6) is 5.75 Å². The predicted molar refractivity (Wildman–Crippen MR) is 91.7 cm³/mol. The quantitative estimate of drug-likeness (QED) is 0.859. The summed E-state index contributed by atoms with van der Waals surface area (Å²) in [6.45, 7) is 4.19. The van der Waals surface area contributed by atoms with E-state index in [0.717, 1.165) is 18.6 Å². The summed E-state index contributed by atoms with van der Waals surface area (Å²) in [6.07, 6.45) is 2.03. The van der Waals surface area contributed by atoms with Crippen molar-refractivity contribution in [3.8, 4) is 5.75 Å². The molecule has 120 valence electrons. The molecule has 1 amide bonds. The summed E-state index contributed by atoms with van der Waals surface area (Å²) in [5.41, 5.74) is 5.03. The number of carbonyl (C=O) groups excluding carboxylic acids is 1. The number of hydrogen-bond acceptors (Lipinski definition) is 2. The summed E-state index contributed by atoms with van der Waals surface area (Å²) < 4.78 is 5.68. The monoisotopic (exact) mass is 309 g/mol. The first kappa shape index (κ1) is 15.6. The lowest BCUT2D eigenvalue weighted by atomic mass is 10.1. The molecule has 1 atom stereocenters. The van der Waals surface area contributed by atoms with Crippen LogP contribution >= 0.6 is 0 Å². The zero-order chi connectivity index (χ0) is 16.4. The van der Waals surface area contributed by atoms with Gasteiger partial charge in [0, 0.05) is 7.05 Å². The second-order valence-corrected chi connectivity index (χ2v) is 6.29. The van der Waals surface area contributed by atoms with Crippen LogP contribution in [0.3, 0.4) is 0 Å². The van der Waals surface area contributed by atoms with Gasteiger partial charge in [-0.1, -0.05) is 30.3 Å². The number of fused-ring (bicyclic) bond motifs is 1. The van der Waals surface area contributed by atoms with Crippen LogP contribution in [0.15, 0.2) is 42.5 Å². The summed E-state index contributed by atoms with van der Waals surface area (Å²) in [5, 5.41) is 0. The molecule has 1 unspecified atom stereocenters. The zero-order valence-corrected chi connectivity index (χ0v) is 14.0. The number of likely N-dealkylation sites (N-methyl/N-ethyl adjacent to an activating group) is 1. The van der Waals surface area contributed by atoms with Gasteiger partial charge in [-0.3, -0.25) is 4.79 Å². The fourth-order valence-corrected chi connectivity index (χ4v) is 3.16. The van der Waals surface area contributed by atoms with Crippen molar-refractivity contribution < 1.29 is 9.53 Å². The lowest BCUT2D eigenvalue weighted by Crippen LogP contribution is -2.34. The fourth-order valence-electron chi connectivity index (χ4n) is 3.16. The van der Waals surface area contributed by atoms with Gasteiger partial charge < -0.3 is 9.64 Å². The van der Waals surface area contributed by atoms with Gasteiger partial charge in [0.1, 0.15) is 5.75 Å². The van der Waals surface area contributed by atoms with E-state index in [1.807, 2.05) is 43.1 Å². The fraction of sp³-hybridized carbons (Fsp3) is 0.350. The molecule has 0 heterocycles. The molecule has 2 aromatic rings. The van der Waals surface area contributed by atoms with E-state index in [1.54, 1.807) is 0 Å². The van der Waals surface area contributed by atoms with Gasteiger partial charge in [-0.15, -0.1) is 0 Å². The van der Waals surface area contributed by atoms with E-state index >= 15 is 0 Å². The highest BCUT2D eigenvalue weighted by molar-refractivity contribution is 5.78. The maximum Gasteiger partial charge on any atom is 0.260 e. The van der Waals surface area contributed by atoms with Gasteiger partial charge in [0.25, 0.3) is 5.91 Å². The third-order valence-corrected chi connectivity index (χ3v) is 4.80. The van der Waals surface area contributed by atoms with Gasteiger partial charge in [-0.25, -0.2) is 0 Å². The Balaban J connectivity index is 1.63. The van der Waals surface area contributed by atoms with Gasteiger partial charge in [0.2, 0.25) is 0 Å². The maximum atomic E-state index is 12.5. The van der Waals surface area contributed by atoms with E-state index in [9.17, 15) is 4.79 Å². The Morgan fingerprint density at radius 3 is 2.74 bits per heavy atom. The molecular weight excluding hydrogens is 286 g/mol. The number of amides is 1. The lowest BCUT2D eigenvalue weighted by molar-refractivity contribution is -0.134. The maximum absolute atomic E-state index is 12.5. The smallest absolute Gasteiger partial charge is 0.260 e. The normalized spacial score (nSPS) is 16.0. The van der Waals surface area contributed by atoms with Crippen molar-refractivity contribution in [1.29, 1.82) is 0 Å². The van der Waals surface area contributed by atoms with Crippen molar-refractivity contribution in [3.63, 3.8) is 0 Å². The van der Waals surface area contributed by atoms with E-state index in [-0.39, 0.29) is 18.6 Å². The van der Waals surface area contributed by atoms with E-state index in [0.29, 0.717) is 0 Å². The first-order valence-corrected chi connectivity index (χ1v) is 8.10. The Hall–Kier alpha value is -2.29. The Labute approximate surface area is 137 Å². The van der Waals surface area contributed by atoms with Crippen molar-refractivity contribution >= 4 is 5.91 Å². The minimum atomic E-state index is 0.0185. The average molecular weight is 309 g/mol. The highest BCUT2D eigenvalue weighted by atomic mass is 16.5. The molecule has 3 heteroatoms. The third-order valence-electron chi connectivity index (χ3n) is 4.80. The molecule has 1 aliphatic carbocycles. The summed E-state index contributed by atoms with van der Waals surface area (Å²) >= 11 is 0. The molecule has 3 rings (SSSR count). The molecule has 0 aliphatic heterocycles. The molecule has 0 bridgehead atoms. The predicted octanol–water partition coefficient (Wildman–Crippen LogP) is 3.83. The molecule has 0 fully saturated rings. The van der Waals surface area contributed by atoms with E-state index in [1.165, 1.54) is 22.3 Å². The van der Waals surface area contributed by atoms with E-state index in [4.69, 9.17) is 4.74 Å². The SMILES string of the molecule is Cc1ccc(OCC(=O)N(C)C2CCc3ccccc32)cc1C. The molecule has 0 aromatic heterocycles. The van der Waals surface area contributed by atoms with Crippen molar-refractivity contribution in [2.75, 3.05) is 13.7 Å². The Kier molecular flexibility index (Phi) is 4.37. The number of rotatable bonds is 4. The van der Waals surface area contributed by atoms with Crippen molar-refractivity contribution in [1.82, 2.24) is 4.90 Å². The lowest BCUT2D eigenvalue weighted by Gasteiger charge is -2.25. The Morgan fingerprint density at radius 2 is 1.96 bits per heavy atom. The van der Waals surface area contributed by atoms with E-state index in [2.05, 4.69) is 25.1 Å². The van der Waals surface area contributed by atoms with Crippen LogP contribution in [-0.4, -0.2) is 24.5 Å². The Bertz CT molecular complexity index is 723. The molecule has 0 saturated carbocycles. The van der Waals surface area contributed by atoms with Crippen LogP contribution < -0.4 is 4.74 Å². The van der Waals surface area contributed by atoms with Crippen LogP contribution in [0.2, 0.25) is 0 Å². The standard InChI is InChI=1S/C20H23NO2/c1-14-8-10-17(12-15(14)2)23-13-20(22)21(3)19-11-9-16-6-4-5-7-18(16)19/h4-8,10,12,19H,9,11,13H2,1-3H3. The zero-order valence-electron chi connectivity index (χ0n) is 14.0. The molecular formula is C20H23NO2. The van der Waals surface area contributed by atoms with Gasteiger partial charge in [0.15, 0.2) is 6.61 Å². The number of hydrogen-bond donors (Lipinski definition) is 0. The van der Waals surface area contributed by atoms with Crippen LogP contribution in [0, 0.1) is 13.8 Å². The molecule has 0 N–H and O–H groups in total. The van der Waals surface area contributed by atoms with Gasteiger partial charge in [0.05, 0.1) is 6.04 Å². The highest BCUT2D eigenvalue weighted by Crippen LogP contribution is 2.34. The number of ether oxygens (including phenoxy) is 1. The van der Waals surface area contributed by atoms with Crippen molar-refractivity contribution in [2.45, 2.75) is 32.7 Å². The number of carbonyl (C=O) groups is 1. The second kappa shape index (κ2) is 6.45. The Morgan fingerprint density at radius 1 is 1.17 bits per heavy atom. The molecule has 23 heavy (non-hydrogen) atoms. The molecule has 2 aromatic carbocycles. The third kappa shape index (κ3) is 3.24.